The Morgan fingerprint density at radius 2 is 2.08 bits per heavy atom. The second kappa shape index (κ2) is 4.08. The summed E-state index contributed by atoms with van der Waals surface area (Å²) < 4.78 is 18.3. The van der Waals surface area contributed by atoms with E-state index in [1.807, 2.05) is 0 Å². The zero-order chi connectivity index (χ0) is 10.0. The van der Waals surface area contributed by atoms with Crippen molar-refractivity contribution in [1.29, 1.82) is 0 Å². The van der Waals surface area contributed by atoms with E-state index < -0.39 is 12.9 Å². The predicted octanol–water partition coefficient (Wildman–Crippen LogP) is 0.277. The van der Waals surface area contributed by atoms with Crippen LogP contribution in [0.3, 0.4) is 0 Å². The fraction of sp³-hybridized carbons (Fsp3) is 0.143. The van der Waals surface area contributed by atoms with Crippen LogP contribution in [0.15, 0.2) is 16.6 Å². The van der Waals surface area contributed by atoms with E-state index in [1.54, 1.807) is 0 Å². The third-order valence-electron chi connectivity index (χ3n) is 1.55. The van der Waals surface area contributed by atoms with Crippen molar-refractivity contribution >= 4 is 28.5 Å². The average Bonchev–Trinajstić information content (AvgIpc) is 2.03. The Balaban J connectivity index is 3.22. The van der Waals surface area contributed by atoms with Crippen LogP contribution in [0, 0.1) is 5.82 Å². The lowest BCUT2D eigenvalue weighted by atomic mass is 9.80. The Kier molecular flexibility index (Phi) is 3.30. The quantitative estimate of drug-likeness (QED) is 0.740. The Hall–Kier alpha value is -0.585. The molecule has 1 aromatic carbocycles. The lowest BCUT2D eigenvalue weighted by molar-refractivity contribution is 0.407. The summed E-state index contributed by atoms with van der Waals surface area (Å²) in [6.07, 6.45) is 0. The van der Waals surface area contributed by atoms with Crippen molar-refractivity contribution in [2.45, 2.75) is 0 Å². The summed E-state index contributed by atoms with van der Waals surface area (Å²) >= 11 is 3.06. The molecule has 70 valence electrons. The lowest BCUT2D eigenvalue weighted by Gasteiger charge is -2.07. The van der Waals surface area contributed by atoms with Gasteiger partial charge in [-0.3, -0.25) is 0 Å². The van der Waals surface area contributed by atoms with E-state index in [0.717, 1.165) is 6.07 Å². The van der Waals surface area contributed by atoms with Crippen LogP contribution in [-0.2, 0) is 0 Å². The molecule has 0 fully saturated rings. The average molecular weight is 249 g/mol. The highest BCUT2D eigenvalue weighted by Gasteiger charge is 2.18. The van der Waals surface area contributed by atoms with E-state index in [0.29, 0.717) is 10.2 Å². The molecule has 0 atom stereocenters. The molecule has 0 heterocycles. The molecule has 1 rings (SSSR count). The van der Waals surface area contributed by atoms with Gasteiger partial charge in [-0.25, -0.2) is 4.39 Å². The summed E-state index contributed by atoms with van der Waals surface area (Å²) in [5.74, 6) is -0.341. The van der Waals surface area contributed by atoms with Gasteiger partial charge in [0.1, 0.15) is 11.6 Å². The van der Waals surface area contributed by atoms with Crippen molar-refractivity contribution in [2.75, 3.05) is 7.11 Å². The molecule has 3 nitrogen and oxygen atoms in total. The third kappa shape index (κ3) is 2.21. The molecule has 0 aliphatic carbocycles. The van der Waals surface area contributed by atoms with E-state index in [1.165, 1.54) is 13.2 Å². The van der Waals surface area contributed by atoms with Crippen LogP contribution in [0.5, 0.6) is 5.75 Å². The molecule has 0 unspecified atom stereocenters. The maximum absolute atomic E-state index is 13.0. The Morgan fingerprint density at radius 3 is 2.54 bits per heavy atom. The van der Waals surface area contributed by atoms with Crippen LogP contribution in [-0.4, -0.2) is 24.3 Å². The van der Waals surface area contributed by atoms with Crippen molar-refractivity contribution in [3.8, 4) is 5.75 Å². The standard InChI is InChI=1S/C7H7BBrFO3/c1-13-7-2-4(8(11)12)6(10)3-5(7)9/h2-3,11-12H,1H3. The number of hydrogen-bond donors (Lipinski definition) is 2. The maximum atomic E-state index is 13.0. The molecule has 0 aliphatic heterocycles. The number of halogens is 2. The molecule has 0 aliphatic rings. The minimum atomic E-state index is -1.83. The summed E-state index contributed by atoms with van der Waals surface area (Å²) in [4.78, 5) is 0. The summed E-state index contributed by atoms with van der Waals surface area (Å²) in [7, 11) is -0.423. The van der Waals surface area contributed by atoms with Gasteiger partial charge in [0, 0.05) is 5.46 Å². The smallest absolute Gasteiger partial charge is 0.491 e. The van der Waals surface area contributed by atoms with Gasteiger partial charge in [0.05, 0.1) is 11.6 Å². The molecule has 0 spiro atoms. The van der Waals surface area contributed by atoms with Gasteiger partial charge >= 0.3 is 7.12 Å². The van der Waals surface area contributed by atoms with Crippen LogP contribution < -0.4 is 10.2 Å². The van der Waals surface area contributed by atoms with E-state index in [2.05, 4.69) is 15.9 Å². The fourth-order valence-electron chi connectivity index (χ4n) is 0.899. The minimum Gasteiger partial charge on any atom is -0.496 e. The molecule has 0 saturated heterocycles. The first-order valence-corrected chi connectivity index (χ1v) is 4.24. The highest BCUT2D eigenvalue weighted by Crippen LogP contribution is 2.23. The lowest BCUT2D eigenvalue weighted by Crippen LogP contribution is -2.32. The molecule has 0 saturated carbocycles. The molecule has 0 radical (unpaired) electrons. The Morgan fingerprint density at radius 1 is 1.46 bits per heavy atom. The highest BCUT2D eigenvalue weighted by atomic mass is 79.9. The number of rotatable bonds is 2. The van der Waals surface area contributed by atoms with Gasteiger partial charge in [0.25, 0.3) is 0 Å². The van der Waals surface area contributed by atoms with Crippen LogP contribution in [0.4, 0.5) is 4.39 Å². The summed E-state index contributed by atoms with van der Waals surface area (Å²) in [6, 6.07) is 2.34. The minimum absolute atomic E-state index is 0.208. The van der Waals surface area contributed by atoms with Crippen LogP contribution in [0.25, 0.3) is 0 Å². The van der Waals surface area contributed by atoms with Crippen LogP contribution in [0.1, 0.15) is 0 Å². The van der Waals surface area contributed by atoms with E-state index in [-0.39, 0.29) is 5.46 Å². The van der Waals surface area contributed by atoms with Gasteiger partial charge in [-0.15, -0.1) is 0 Å². The number of hydrogen-bond acceptors (Lipinski definition) is 3. The molecule has 6 heteroatoms. The van der Waals surface area contributed by atoms with Gasteiger partial charge < -0.3 is 14.8 Å². The SMILES string of the molecule is COc1cc(B(O)O)c(F)cc1Br. The van der Waals surface area contributed by atoms with E-state index >= 15 is 0 Å². The van der Waals surface area contributed by atoms with Gasteiger partial charge in [0.2, 0.25) is 0 Å². The first-order chi connectivity index (χ1) is 6.06. The first kappa shape index (κ1) is 10.5. The van der Waals surface area contributed by atoms with Crippen LogP contribution >= 0.6 is 15.9 Å². The molecular formula is C7H7BBrFO3. The molecule has 0 amide bonds. The van der Waals surface area contributed by atoms with Gasteiger partial charge in [-0.05, 0) is 28.1 Å². The predicted molar refractivity (Wildman–Crippen MR) is 50.5 cm³/mol. The number of ether oxygens (including phenoxy) is 1. The molecule has 0 aromatic heterocycles. The van der Waals surface area contributed by atoms with Gasteiger partial charge in [-0.2, -0.15) is 0 Å². The number of methoxy groups -OCH3 is 1. The second-order valence-electron chi connectivity index (χ2n) is 2.38. The zero-order valence-corrected chi connectivity index (χ0v) is 8.38. The molecule has 1 aromatic rings. The highest BCUT2D eigenvalue weighted by molar-refractivity contribution is 9.10. The third-order valence-corrected chi connectivity index (χ3v) is 2.17. The van der Waals surface area contributed by atoms with Crippen molar-refractivity contribution in [3.63, 3.8) is 0 Å². The summed E-state index contributed by atoms with van der Waals surface area (Å²) in [6.45, 7) is 0. The normalized spacial score (nSPS) is 9.92. The Bertz CT molecular complexity index is 319. The van der Waals surface area contributed by atoms with E-state index in [4.69, 9.17) is 14.8 Å². The zero-order valence-electron chi connectivity index (χ0n) is 6.79. The first-order valence-electron chi connectivity index (χ1n) is 3.45. The second-order valence-corrected chi connectivity index (χ2v) is 3.24. The molecule has 2 N–H and O–H groups in total. The van der Waals surface area contributed by atoms with E-state index in [9.17, 15) is 4.39 Å². The van der Waals surface area contributed by atoms with Crippen molar-refractivity contribution in [2.24, 2.45) is 0 Å². The number of benzene rings is 1. The maximum Gasteiger partial charge on any atom is 0.491 e. The largest absolute Gasteiger partial charge is 0.496 e. The molecule has 0 bridgehead atoms. The Labute approximate surface area is 83.4 Å². The van der Waals surface area contributed by atoms with Crippen molar-refractivity contribution in [3.05, 3.63) is 22.4 Å². The monoisotopic (exact) mass is 248 g/mol. The molecular weight excluding hydrogens is 242 g/mol. The van der Waals surface area contributed by atoms with Crippen molar-refractivity contribution < 1.29 is 19.2 Å². The summed E-state index contributed by atoms with van der Waals surface area (Å²) in [5, 5.41) is 17.5. The van der Waals surface area contributed by atoms with Crippen molar-refractivity contribution in [1.82, 2.24) is 0 Å². The van der Waals surface area contributed by atoms with Gasteiger partial charge in [-0.1, -0.05) is 0 Å². The fourth-order valence-corrected chi connectivity index (χ4v) is 1.38. The summed E-state index contributed by atoms with van der Waals surface area (Å²) in [5.41, 5.74) is -0.208. The van der Waals surface area contributed by atoms with Crippen LogP contribution in [0.2, 0.25) is 0 Å². The molecule has 13 heavy (non-hydrogen) atoms. The topological polar surface area (TPSA) is 49.7 Å². The van der Waals surface area contributed by atoms with Gasteiger partial charge in [0.15, 0.2) is 0 Å².